The molecule has 1 aliphatic carbocycles. The van der Waals surface area contributed by atoms with Crippen LogP contribution >= 0.6 is 11.6 Å². The van der Waals surface area contributed by atoms with Gasteiger partial charge in [-0.1, -0.05) is 41.4 Å². The molecule has 26 heavy (non-hydrogen) atoms. The Labute approximate surface area is 159 Å². The standard InChI is InChI=1S/C20H20ClNO3S/c1-3-25-13-20(12-22)18(15-6-8-16(21)9-7-15)19(20)26(23,24)17-10-4-14(2)5-11-17/h4-11,18-19H,3,13H2,1-2H3/t18-,19+,20-/m1/s1. The maximum atomic E-state index is 13.3. The third-order valence-electron chi connectivity index (χ3n) is 4.92. The number of hydrogen-bond acceptors (Lipinski definition) is 4. The summed E-state index contributed by atoms with van der Waals surface area (Å²) in [5.41, 5.74) is 0.680. The fourth-order valence-electron chi connectivity index (χ4n) is 3.49. The van der Waals surface area contributed by atoms with Gasteiger partial charge < -0.3 is 4.74 Å². The third kappa shape index (κ3) is 3.14. The predicted molar refractivity (Wildman–Crippen MR) is 101 cm³/mol. The lowest BCUT2D eigenvalue weighted by Gasteiger charge is -2.10. The zero-order chi connectivity index (χ0) is 18.9. The number of sulfone groups is 1. The summed E-state index contributed by atoms with van der Waals surface area (Å²) in [6.07, 6.45) is 0. The van der Waals surface area contributed by atoms with E-state index in [1.54, 1.807) is 48.5 Å². The Morgan fingerprint density at radius 3 is 2.31 bits per heavy atom. The van der Waals surface area contributed by atoms with Crippen molar-refractivity contribution in [3.05, 3.63) is 64.7 Å². The van der Waals surface area contributed by atoms with E-state index in [2.05, 4.69) is 6.07 Å². The number of benzene rings is 2. The van der Waals surface area contributed by atoms with Gasteiger partial charge in [0.15, 0.2) is 9.84 Å². The van der Waals surface area contributed by atoms with Crippen LogP contribution in [0.4, 0.5) is 0 Å². The summed E-state index contributed by atoms with van der Waals surface area (Å²) >= 11 is 5.95. The smallest absolute Gasteiger partial charge is 0.183 e. The van der Waals surface area contributed by atoms with Crippen molar-refractivity contribution in [1.82, 2.24) is 0 Å². The number of hydrogen-bond donors (Lipinski definition) is 0. The van der Waals surface area contributed by atoms with E-state index in [1.807, 2.05) is 13.8 Å². The van der Waals surface area contributed by atoms with E-state index in [1.165, 1.54) is 0 Å². The van der Waals surface area contributed by atoms with E-state index in [9.17, 15) is 13.7 Å². The van der Waals surface area contributed by atoms with Crippen molar-refractivity contribution in [2.75, 3.05) is 13.2 Å². The van der Waals surface area contributed by atoms with Crippen molar-refractivity contribution in [3.8, 4) is 6.07 Å². The van der Waals surface area contributed by atoms with Gasteiger partial charge in [0.05, 0.1) is 22.8 Å². The second-order valence-corrected chi connectivity index (χ2v) is 9.10. The highest BCUT2D eigenvalue weighted by Crippen LogP contribution is 2.64. The molecule has 2 aromatic carbocycles. The third-order valence-corrected chi connectivity index (χ3v) is 7.47. The van der Waals surface area contributed by atoms with Crippen LogP contribution < -0.4 is 0 Å². The number of halogens is 1. The SMILES string of the molecule is CCOC[C@]1(C#N)[C@H](c2ccc(Cl)cc2)[C@@H]1S(=O)(=O)c1ccc(C)cc1. The Kier molecular flexibility index (Phi) is 5.12. The highest BCUT2D eigenvalue weighted by molar-refractivity contribution is 7.92. The van der Waals surface area contributed by atoms with Crippen LogP contribution in [-0.4, -0.2) is 26.9 Å². The zero-order valence-electron chi connectivity index (χ0n) is 14.6. The fourth-order valence-corrected chi connectivity index (χ4v) is 5.92. The Balaban J connectivity index is 2.05. The fraction of sp³-hybridized carbons (Fsp3) is 0.350. The molecule has 0 spiro atoms. The molecule has 0 radical (unpaired) electrons. The van der Waals surface area contributed by atoms with Crippen LogP contribution in [0.5, 0.6) is 0 Å². The van der Waals surface area contributed by atoms with Gasteiger partial charge >= 0.3 is 0 Å². The molecular weight excluding hydrogens is 370 g/mol. The summed E-state index contributed by atoms with van der Waals surface area (Å²) in [5, 5.41) is 9.61. The van der Waals surface area contributed by atoms with E-state index in [4.69, 9.17) is 16.3 Å². The van der Waals surface area contributed by atoms with Crippen LogP contribution in [0.25, 0.3) is 0 Å². The largest absolute Gasteiger partial charge is 0.380 e. The summed E-state index contributed by atoms with van der Waals surface area (Å²) in [5.74, 6) is -0.442. The molecule has 3 rings (SSSR count). The molecule has 4 nitrogen and oxygen atoms in total. The first-order valence-electron chi connectivity index (χ1n) is 8.42. The van der Waals surface area contributed by atoms with Gasteiger partial charge in [-0.05, 0) is 43.7 Å². The Morgan fingerprint density at radius 1 is 1.15 bits per heavy atom. The van der Waals surface area contributed by atoms with Gasteiger partial charge in [-0.15, -0.1) is 0 Å². The maximum absolute atomic E-state index is 13.3. The van der Waals surface area contributed by atoms with Crippen molar-refractivity contribution in [2.24, 2.45) is 5.41 Å². The zero-order valence-corrected chi connectivity index (χ0v) is 16.2. The molecule has 0 unspecified atom stereocenters. The van der Waals surface area contributed by atoms with Crippen LogP contribution in [0.2, 0.25) is 5.02 Å². The minimum atomic E-state index is -3.68. The maximum Gasteiger partial charge on any atom is 0.183 e. The average molecular weight is 390 g/mol. The van der Waals surface area contributed by atoms with Gasteiger partial charge in [-0.3, -0.25) is 0 Å². The predicted octanol–water partition coefficient (Wildman–Crippen LogP) is 4.13. The summed E-state index contributed by atoms with van der Waals surface area (Å²) in [6.45, 7) is 4.24. The average Bonchev–Trinajstić information content (AvgIpc) is 3.31. The van der Waals surface area contributed by atoms with Gasteiger partial charge in [0, 0.05) is 17.5 Å². The molecule has 0 aliphatic heterocycles. The highest BCUT2D eigenvalue weighted by Gasteiger charge is 2.72. The number of nitriles is 1. The number of ether oxygens (including phenoxy) is 1. The molecular formula is C20H20ClNO3S. The molecule has 0 bridgehead atoms. The second-order valence-electron chi connectivity index (χ2n) is 6.60. The molecule has 1 saturated carbocycles. The van der Waals surface area contributed by atoms with Crippen LogP contribution in [0.1, 0.15) is 24.0 Å². The minimum Gasteiger partial charge on any atom is -0.380 e. The van der Waals surface area contributed by atoms with Crippen molar-refractivity contribution in [1.29, 1.82) is 5.26 Å². The van der Waals surface area contributed by atoms with Gasteiger partial charge in [-0.2, -0.15) is 5.26 Å². The van der Waals surface area contributed by atoms with E-state index in [0.717, 1.165) is 11.1 Å². The van der Waals surface area contributed by atoms with Gasteiger partial charge in [0.2, 0.25) is 0 Å². The molecule has 0 heterocycles. The monoisotopic (exact) mass is 389 g/mol. The Morgan fingerprint density at radius 2 is 1.77 bits per heavy atom. The minimum absolute atomic E-state index is 0.0864. The van der Waals surface area contributed by atoms with Crippen LogP contribution in [0.15, 0.2) is 53.4 Å². The van der Waals surface area contributed by atoms with Crippen molar-refractivity contribution < 1.29 is 13.2 Å². The lowest BCUT2D eigenvalue weighted by Crippen LogP contribution is -2.19. The molecule has 0 N–H and O–H groups in total. The normalized spacial score (nSPS) is 24.8. The van der Waals surface area contributed by atoms with Crippen molar-refractivity contribution in [2.45, 2.75) is 29.9 Å². The highest BCUT2D eigenvalue weighted by atomic mass is 35.5. The molecule has 6 heteroatoms. The van der Waals surface area contributed by atoms with E-state index < -0.39 is 26.4 Å². The first-order valence-corrected chi connectivity index (χ1v) is 10.3. The van der Waals surface area contributed by atoms with Crippen LogP contribution in [0, 0.1) is 23.7 Å². The first-order chi connectivity index (χ1) is 12.4. The number of aryl methyl sites for hydroxylation is 1. The van der Waals surface area contributed by atoms with E-state index >= 15 is 0 Å². The first kappa shape index (κ1) is 18.9. The molecule has 1 aliphatic rings. The molecule has 0 aromatic heterocycles. The summed E-state index contributed by atoms with van der Waals surface area (Å²) < 4.78 is 32.0. The molecule has 1 fully saturated rings. The molecule has 0 saturated heterocycles. The Bertz CT molecular complexity index is 933. The topological polar surface area (TPSA) is 67.2 Å². The second kappa shape index (κ2) is 7.03. The van der Waals surface area contributed by atoms with Crippen molar-refractivity contribution in [3.63, 3.8) is 0 Å². The summed E-state index contributed by atoms with van der Waals surface area (Å²) in [7, 11) is -3.68. The number of rotatable bonds is 6. The quantitative estimate of drug-likeness (QED) is 0.744. The van der Waals surface area contributed by atoms with Gasteiger partial charge in [-0.25, -0.2) is 8.42 Å². The molecule has 3 atom stereocenters. The molecule has 2 aromatic rings. The van der Waals surface area contributed by atoms with Gasteiger partial charge in [0.1, 0.15) is 5.41 Å². The van der Waals surface area contributed by atoms with Gasteiger partial charge in [0.25, 0.3) is 0 Å². The summed E-state index contributed by atoms with van der Waals surface area (Å²) in [4.78, 5) is 0.237. The summed E-state index contributed by atoms with van der Waals surface area (Å²) in [6, 6.07) is 16.0. The lowest BCUT2D eigenvalue weighted by atomic mass is 10.0. The molecule has 136 valence electrons. The lowest BCUT2D eigenvalue weighted by molar-refractivity contribution is 0.117. The van der Waals surface area contributed by atoms with Crippen LogP contribution in [-0.2, 0) is 14.6 Å². The Hall–Kier alpha value is -1.87. The van der Waals surface area contributed by atoms with Crippen LogP contribution in [0.3, 0.4) is 0 Å². The number of nitrogens with zero attached hydrogens (tertiary/aromatic N) is 1. The van der Waals surface area contributed by atoms with Crippen molar-refractivity contribution >= 4 is 21.4 Å². The molecule has 0 amide bonds. The van der Waals surface area contributed by atoms with E-state index in [0.29, 0.717) is 11.6 Å². The van der Waals surface area contributed by atoms with E-state index in [-0.39, 0.29) is 11.5 Å².